The van der Waals surface area contributed by atoms with Crippen molar-refractivity contribution >= 4 is 34.1 Å². The summed E-state index contributed by atoms with van der Waals surface area (Å²) in [7, 11) is 0. The van der Waals surface area contributed by atoms with E-state index in [9.17, 15) is 4.79 Å². The van der Waals surface area contributed by atoms with Crippen LogP contribution in [0.25, 0.3) is 10.9 Å². The number of ketones is 1. The van der Waals surface area contributed by atoms with E-state index in [0.29, 0.717) is 5.02 Å². The lowest BCUT2D eigenvalue weighted by atomic mass is 10.0. The first-order chi connectivity index (χ1) is 12.2. The van der Waals surface area contributed by atoms with E-state index in [4.69, 9.17) is 16.6 Å². The van der Waals surface area contributed by atoms with Crippen LogP contribution in [0.4, 0.5) is 5.82 Å². The summed E-state index contributed by atoms with van der Waals surface area (Å²) in [4.78, 5) is 22.3. The van der Waals surface area contributed by atoms with Gasteiger partial charge in [0.05, 0.1) is 5.52 Å². The average Bonchev–Trinajstić information content (AvgIpc) is 3.52. The number of hydrogen-bond donors (Lipinski definition) is 0. The second kappa shape index (κ2) is 5.96. The zero-order chi connectivity index (χ0) is 17.0. The highest BCUT2D eigenvalue weighted by Gasteiger charge is 2.33. The van der Waals surface area contributed by atoms with E-state index in [2.05, 4.69) is 21.9 Å². The summed E-state index contributed by atoms with van der Waals surface area (Å²) < 4.78 is 0. The predicted octanol–water partition coefficient (Wildman–Crippen LogP) is 3.77. The Kier molecular flexibility index (Phi) is 3.72. The van der Waals surface area contributed by atoms with E-state index >= 15 is 0 Å². The molecule has 1 saturated heterocycles. The summed E-state index contributed by atoms with van der Waals surface area (Å²) >= 11 is 6.28. The second-order valence-electron chi connectivity index (χ2n) is 7.58. The van der Waals surface area contributed by atoms with Crippen LogP contribution >= 0.6 is 11.6 Å². The highest BCUT2D eigenvalue weighted by atomic mass is 35.5. The first-order valence-electron chi connectivity index (χ1n) is 9.32. The van der Waals surface area contributed by atoms with Crippen LogP contribution in [0.5, 0.6) is 0 Å². The summed E-state index contributed by atoms with van der Waals surface area (Å²) in [5.74, 6) is 1.41. The van der Waals surface area contributed by atoms with E-state index in [-0.39, 0.29) is 11.7 Å². The highest BCUT2D eigenvalue weighted by molar-refractivity contribution is 6.32. The van der Waals surface area contributed by atoms with Crippen LogP contribution in [-0.2, 0) is 0 Å². The molecular formula is C20H22ClN3O. The fourth-order valence-electron chi connectivity index (χ4n) is 3.89. The maximum Gasteiger partial charge on any atom is 0.166 e. The van der Waals surface area contributed by atoms with Crippen molar-refractivity contribution in [1.82, 2.24) is 9.88 Å². The van der Waals surface area contributed by atoms with Crippen molar-refractivity contribution in [3.63, 3.8) is 0 Å². The third kappa shape index (κ3) is 3.02. The number of carbonyl (C=O) groups is 1. The number of hydrogen-bond acceptors (Lipinski definition) is 4. The van der Waals surface area contributed by atoms with Gasteiger partial charge in [-0.25, -0.2) is 4.98 Å². The fraction of sp³-hybridized carbons (Fsp3) is 0.500. The molecule has 0 unspecified atom stereocenters. The first-order valence-corrected chi connectivity index (χ1v) is 9.70. The Bertz CT molecular complexity index is 836. The minimum absolute atomic E-state index is 0.192. The maximum absolute atomic E-state index is 12.6. The lowest BCUT2D eigenvalue weighted by Crippen LogP contribution is -2.47. The molecule has 5 heteroatoms. The van der Waals surface area contributed by atoms with Crippen molar-refractivity contribution in [2.24, 2.45) is 5.92 Å². The molecule has 2 saturated carbocycles. The van der Waals surface area contributed by atoms with Crippen LogP contribution in [0, 0.1) is 5.92 Å². The van der Waals surface area contributed by atoms with Gasteiger partial charge in [-0.1, -0.05) is 11.6 Å². The van der Waals surface area contributed by atoms with E-state index < -0.39 is 0 Å². The van der Waals surface area contributed by atoms with Crippen molar-refractivity contribution in [1.29, 1.82) is 0 Å². The monoisotopic (exact) mass is 355 g/mol. The van der Waals surface area contributed by atoms with Crippen molar-refractivity contribution in [3.8, 4) is 0 Å². The molecule has 2 aromatic rings. The molecule has 130 valence electrons. The van der Waals surface area contributed by atoms with Gasteiger partial charge in [-0.2, -0.15) is 0 Å². The molecule has 5 rings (SSSR count). The SMILES string of the molecule is O=C(c1cc(Cl)cc2nc(N3CCN(C4CC4)CC3)ccc12)C1CC1. The molecule has 1 aromatic heterocycles. The van der Waals surface area contributed by atoms with Gasteiger partial charge in [0.1, 0.15) is 5.82 Å². The summed E-state index contributed by atoms with van der Waals surface area (Å²) in [6, 6.07) is 8.63. The molecule has 3 fully saturated rings. The third-order valence-corrected chi connectivity index (χ3v) is 5.89. The number of benzene rings is 1. The van der Waals surface area contributed by atoms with Crippen molar-refractivity contribution < 1.29 is 4.79 Å². The lowest BCUT2D eigenvalue weighted by Gasteiger charge is -2.35. The molecule has 0 N–H and O–H groups in total. The van der Waals surface area contributed by atoms with Gasteiger partial charge in [0.25, 0.3) is 0 Å². The minimum atomic E-state index is 0.192. The van der Waals surface area contributed by atoms with Gasteiger partial charge in [0.15, 0.2) is 5.78 Å². The Morgan fingerprint density at radius 1 is 1.04 bits per heavy atom. The van der Waals surface area contributed by atoms with Gasteiger partial charge in [-0.05, 0) is 49.9 Å². The van der Waals surface area contributed by atoms with E-state index in [0.717, 1.165) is 67.3 Å². The van der Waals surface area contributed by atoms with Crippen molar-refractivity contribution in [2.75, 3.05) is 31.1 Å². The zero-order valence-corrected chi connectivity index (χ0v) is 15.0. The number of rotatable bonds is 4. The smallest absolute Gasteiger partial charge is 0.166 e. The number of anilines is 1. The first kappa shape index (κ1) is 15.6. The normalized spacial score (nSPS) is 21.7. The highest BCUT2D eigenvalue weighted by Crippen LogP contribution is 2.36. The molecule has 0 amide bonds. The topological polar surface area (TPSA) is 36.4 Å². The molecule has 2 aliphatic carbocycles. The van der Waals surface area contributed by atoms with Gasteiger partial charge in [0, 0.05) is 54.1 Å². The second-order valence-corrected chi connectivity index (χ2v) is 8.02. The summed E-state index contributed by atoms with van der Waals surface area (Å²) in [6.45, 7) is 4.27. The van der Waals surface area contributed by atoms with Crippen LogP contribution in [0.15, 0.2) is 24.3 Å². The summed E-state index contributed by atoms with van der Waals surface area (Å²) in [5, 5.41) is 1.53. The number of Topliss-reactive ketones (excluding diaryl/α,β-unsaturated/α-hetero) is 1. The largest absolute Gasteiger partial charge is 0.354 e. The standard InChI is InChI=1S/C20H22ClN3O/c21-14-11-17(20(25)13-1-2-13)16-5-6-19(22-18(16)12-14)24-9-7-23(8-10-24)15-3-4-15/h5-6,11-13,15H,1-4,7-10H2. The summed E-state index contributed by atoms with van der Waals surface area (Å²) in [5.41, 5.74) is 1.57. The Labute approximate surface area is 152 Å². The van der Waals surface area contributed by atoms with Crippen LogP contribution in [0.2, 0.25) is 5.02 Å². The number of fused-ring (bicyclic) bond motifs is 1. The van der Waals surface area contributed by atoms with Crippen LogP contribution in [-0.4, -0.2) is 47.9 Å². The molecule has 0 atom stereocenters. The molecule has 3 aliphatic rings. The van der Waals surface area contributed by atoms with Crippen molar-refractivity contribution in [3.05, 3.63) is 34.9 Å². The predicted molar refractivity (Wildman–Crippen MR) is 101 cm³/mol. The Balaban J connectivity index is 1.44. The van der Waals surface area contributed by atoms with E-state index in [1.165, 1.54) is 12.8 Å². The molecule has 0 radical (unpaired) electrons. The number of aromatic nitrogens is 1. The lowest BCUT2D eigenvalue weighted by molar-refractivity contribution is 0.0969. The molecule has 4 nitrogen and oxygen atoms in total. The van der Waals surface area contributed by atoms with Gasteiger partial charge in [-0.3, -0.25) is 9.69 Å². The number of nitrogens with zero attached hydrogens (tertiary/aromatic N) is 3. The molecule has 0 bridgehead atoms. The fourth-order valence-corrected chi connectivity index (χ4v) is 4.10. The minimum Gasteiger partial charge on any atom is -0.354 e. The summed E-state index contributed by atoms with van der Waals surface area (Å²) in [6.07, 6.45) is 4.74. The van der Waals surface area contributed by atoms with Gasteiger partial charge < -0.3 is 4.90 Å². The van der Waals surface area contributed by atoms with Crippen molar-refractivity contribution in [2.45, 2.75) is 31.7 Å². The number of piperazine rings is 1. The Morgan fingerprint density at radius 2 is 1.80 bits per heavy atom. The number of pyridine rings is 1. The Morgan fingerprint density at radius 3 is 2.48 bits per heavy atom. The third-order valence-electron chi connectivity index (χ3n) is 5.67. The zero-order valence-electron chi connectivity index (χ0n) is 14.2. The maximum atomic E-state index is 12.6. The van der Waals surface area contributed by atoms with Crippen LogP contribution in [0.3, 0.4) is 0 Å². The average molecular weight is 356 g/mol. The molecule has 2 heterocycles. The molecule has 25 heavy (non-hydrogen) atoms. The quantitative estimate of drug-likeness (QED) is 0.782. The van der Waals surface area contributed by atoms with E-state index in [1.807, 2.05) is 6.07 Å². The van der Waals surface area contributed by atoms with Gasteiger partial charge >= 0.3 is 0 Å². The molecule has 1 aromatic carbocycles. The van der Waals surface area contributed by atoms with Gasteiger partial charge in [0.2, 0.25) is 0 Å². The molecular weight excluding hydrogens is 334 g/mol. The van der Waals surface area contributed by atoms with Crippen LogP contribution < -0.4 is 4.90 Å². The number of carbonyl (C=O) groups excluding carboxylic acids is 1. The Hall–Kier alpha value is -1.65. The molecule has 1 aliphatic heterocycles. The van der Waals surface area contributed by atoms with Crippen LogP contribution in [0.1, 0.15) is 36.0 Å². The van der Waals surface area contributed by atoms with E-state index in [1.54, 1.807) is 6.07 Å². The van der Waals surface area contributed by atoms with Gasteiger partial charge in [-0.15, -0.1) is 0 Å². The number of halogens is 1. The molecule has 0 spiro atoms.